The third kappa shape index (κ3) is 5.60. The molecule has 0 spiro atoms. The number of carbonyl (C=O) groups excluding carboxylic acids is 1. The zero-order valence-corrected chi connectivity index (χ0v) is 21.2. The van der Waals surface area contributed by atoms with Crippen LogP contribution in [0.15, 0.2) is 42.6 Å². The normalized spacial score (nSPS) is 20.9. The van der Waals surface area contributed by atoms with Crippen molar-refractivity contribution < 1.29 is 24.5 Å². The molecule has 1 aliphatic carbocycles. The molecule has 1 aromatic heterocycles. The summed E-state index contributed by atoms with van der Waals surface area (Å²) in [5.41, 5.74) is 3.56. The summed E-state index contributed by atoms with van der Waals surface area (Å²) in [6.07, 6.45) is 6.77. The zero-order chi connectivity index (χ0) is 25.8. The fourth-order valence-corrected chi connectivity index (χ4v) is 4.96. The van der Waals surface area contributed by atoms with Crippen LogP contribution in [0, 0.1) is 5.92 Å². The van der Waals surface area contributed by atoms with Crippen molar-refractivity contribution in [1.82, 2.24) is 14.8 Å². The lowest BCUT2D eigenvalue weighted by Gasteiger charge is -2.37. The molecule has 0 bridgehead atoms. The van der Waals surface area contributed by atoms with Crippen molar-refractivity contribution >= 4 is 17.4 Å². The number of likely N-dealkylation sites (N-methyl/N-ethyl adjacent to an activating group) is 1. The number of carboxylic acid groups (broad SMARTS) is 1. The van der Waals surface area contributed by atoms with Gasteiger partial charge in [0.05, 0.1) is 18.2 Å². The number of aliphatic hydroxyl groups excluding tert-OH is 1. The highest BCUT2D eigenvalue weighted by Gasteiger charge is 2.34. The average molecular weight is 494 g/mol. The molecule has 2 aromatic rings. The molecule has 2 aliphatic rings. The van der Waals surface area contributed by atoms with Gasteiger partial charge in [-0.1, -0.05) is 31.2 Å². The summed E-state index contributed by atoms with van der Waals surface area (Å²) in [5.74, 6) is -0.887. The topological polar surface area (TPSA) is 103 Å². The Morgan fingerprint density at radius 2 is 2.11 bits per heavy atom. The Hall–Kier alpha value is -3.23. The molecule has 3 atom stereocenters. The maximum atomic E-state index is 13.6. The van der Waals surface area contributed by atoms with Crippen molar-refractivity contribution in [3.05, 3.63) is 64.9 Å². The average Bonchev–Trinajstić information content (AvgIpc) is 3.40. The van der Waals surface area contributed by atoms with Gasteiger partial charge in [-0.25, -0.2) is 9.78 Å². The van der Waals surface area contributed by atoms with E-state index in [9.17, 15) is 19.8 Å². The SMILES string of the molecule is C[C@@H]1CN([C@@H](C)CO)C(=O)c2cc(C3=CCCC3)cnc2O[C@@H]1CN(C)Cc1ccccc1C(=O)O. The largest absolute Gasteiger partial charge is 0.478 e. The van der Waals surface area contributed by atoms with E-state index in [4.69, 9.17) is 4.74 Å². The van der Waals surface area contributed by atoms with E-state index in [0.29, 0.717) is 31.1 Å². The summed E-state index contributed by atoms with van der Waals surface area (Å²) >= 11 is 0. The number of hydrogen-bond donors (Lipinski definition) is 2. The van der Waals surface area contributed by atoms with Gasteiger partial charge in [0, 0.05) is 31.7 Å². The lowest BCUT2D eigenvalue weighted by molar-refractivity contribution is 0.0325. The van der Waals surface area contributed by atoms with Gasteiger partial charge in [-0.15, -0.1) is 0 Å². The Morgan fingerprint density at radius 1 is 1.33 bits per heavy atom. The molecule has 1 aromatic carbocycles. The first-order valence-electron chi connectivity index (χ1n) is 12.6. The number of carboxylic acids is 1. The first-order valence-corrected chi connectivity index (χ1v) is 12.6. The first-order chi connectivity index (χ1) is 17.3. The number of amides is 1. The maximum absolute atomic E-state index is 13.6. The number of pyridine rings is 1. The molecule has 1 amide bonds. The van der Waals surface area contributed by atoms with Crippen LogP contribution in [0.3, 0.4) is 0 Å². The van der Waals surface area contributed by atoms with Gasteiger partial charge in [0.1, 0.15) is 11.7 Å². The smallest absolute Gasteiger partial charge is 0.336 e. The number of nitrogens with zero attached hydrogens (tertiary/aromatic N) is 3. The maximum Gasteiger partial charge on any atom is 0.336 e. The Morgan fingerprint density at radius 3 is 2.81 bits per heavy atom. The Labute approximate surface area is 212 Å². The molecule has 4 rings (SSSR count). The van der Waals surface area contributed by atoms with Crippen LogP contribution in [-0.2, 0) is 6.54 Å². The van der Waals surface area contributed by atoms with Gasteiger partial charge in [-0.2, -0.15) is 0 Å². The van der Waals surface area contributed by atoms with E-state index in [1.54, 1.807) is 23.2 Å². The highest BCUT2D eigenvalue weighted by atomic mass is 16.5. The van der Waals surface area contributed by atoms with E-state index in [2.05, 4.69) is 11.1 Å². The summed E-state index contributed by atoms with van der Waals surface area (Å²) in [5, 5.41) is 19.4. The number of aromatic nitrogens is 1. The molecule has 192 valence electrons. The molecular formula is C28H35N3O5. The van der Waals surface area contributed by atoms with Crippen molar-refractivity contribution in [3.8, 4) is 5.88 Å². The number of aromatic carboxylic acids is 1. The van der Waals surface area contributed by atoms with Gasteiger partial charge >= 0.3 is 5.97 Å². The van der Waals surface area contributed by atoms with Crippen LogP contribution < -0.4 is 4.74 Å². The summed E-state index contributed by atoms with van der Waals surface area (Å²) < 4.78 is 6.39. The fourth-order valence-electron chi connectivity index (χ4n) is 4.96. The number of rotatable bonds is 8. The van der Waals surface area contributed by atoms with Crippen LogP contribution in [-0.4, -0.2) is 75.8 Å². The second-order valence-electron chi connectivity index (χ2n) is 9.98. The van der Waals surface area contributed by atoms with Gasteiger partial charge in [-0.3, -0.25) is 9.69 Å². The van der Waals surface area contributed by atoms with E-state index in [1.165, 1.54) is 5.57 Å². The predicted molar refractivity (Wildman–Crippen MR) is 137 cm³/mol. The molecule has 0 saturated heterocycles. The quantitative estimate of drug-likeness (QED) is 0.578. The second kappa shape index (κ2) is 11.2. The van der Waals surface area contributed by atoms with Crippen molar-refractivity contribution in [2.24, 2.45) is 5.92 Å². The van der Waals surface area contributed by atoms with E-state index in [1.807, 2.05) is 44.0 Å². The third-order valence-electron chi connectivity index (χ3n) is 7.11. The number of carbonyl (C=O) groups is 2. The van der Waals surface area contributed by atoms with Gasteiger partial charge < -0.3 is 19.8 Å². The van der Waals surface area contributed by atoms with E-state index in [-0.39, 0.29) is 36.1 Å². The minimum atomic E-state index is -0.951. The lowest BCUT2D eigenvalue weighted by atomic mass is 9.98. The molecule has 8 heteroatoms. The van der Waals surface area contributed by atoms with Gasteiger partial charge in [0.25, 0.3) is 5.91 Å². The van der Waals surface area contributed by atoms with E-state index in [0.717, 1.165) is 30.4 Å². The number of ether oxygens (including phenoxy) is 1. The standard InChI is InChI=1S/C28H35N3O5/c1-18-14-31(19(2)17-32)27(33)24-12-22(20-8-4-5-9-20)13-29-26(24)36-25(18)16-30(3)15-21-10-6-7-11-23(21)28(34)35/h6-8,10-13,18-19,25,32H,4-5,9,14-17H2,1-3H3,(H,34,35)/t18-,19+,25-/m1/s1. The molecular weight excluding hydrogens is 458 g/mol. The highest BCUT2D eigenvalue weighted by Crippen LogP contribution is 2.32. The van der Waals surface area contributed by atoms with Crippen LogP contribution in [0.2, 0.25) is 0 Å². The molecule has 0 fully saturated rings. The molecule has 2 heterocycles. The Balaban J connectivity index is 1.62. The number of hydrogen-bond acceptors (Lipinski definition) is 6. The van der Waals surface area contributed by atoms with Crippen molar-refractivity contribution in [1.29, 1.82) is 0 Å². The number of allylic oxidation sites excluding steroid dienone is 2. The molecule has 0 unspecified atom stereocenters. The second-order valence-corrected chi connectivity index (χ2v) is 9.98. The minimum Gasteiger partial charge on any atom is -0.478 e. The predicted octanol–water partition coefficient (Wildman–Crippen LogP) is 3.70. The van der Waals surface area contributed by atoms with Crippen molar-refractivity contribution in [3.63, 3.8) is 0 Å². The molecule has 2 N–H and O–H groups in total. The van der Waals surface area contributed by atoms with Crippen LogP contribution in [0.25, 0.3) is 5.57 Å². The van der Waals surface area contributed by atoms with Crippen molar-refractivity contribution in [2.45, 2.75) is 51.8 Å². The Bertz CT molecular complexity index is 1150. The fraction of sp³-hybridized carbons (Fsp3) is 0.464. The monoisotopic (exact) mass is 493 g/mol. The summed E-state index contributed by atoms with van der Waals surface area (Å²) in [4.78, 5) is 33.5. The molecule has 0 radical (unpaired) electrons. The molecule has 1 aliphatic heterocycles. The van der Waals surface area contributed by atoms with Gasteiger partial charge in [0.2, 0.25) is 5.88 Å². The summed E-state index contributed by atoms with van der Waals surface area (Å²) in [7, 11) is 1.93. The van der Waals surface area contributed by atoms with Gasteiger partial charge in [-0.05, 0) is 62.1 Å². The summed E-state index contributed by atoms with van der Waals surface area (Å²) in [6.45, 7) is 5.11. The summed E-state index contributed by atoms with van der Waals surface area (Å²) in [6, 6.07) is 8.51. The van der Waals surface area contributed by atoms with E-state index >= 15 is 0 Å². The van der Waals surface area contributed by atoms with Crippen LogP contribution in [0.5, 0.6) is 5.88 Å². The van der Waals surface area contributed by atoms with Crippen LogP contribution in [0.1, 0.15) is 65.0 Å². The Kier molecular flexibility index (Phi) is 8.06. The minimum absolute atomic E-state index is 0.0488. The van der Waals surface area contributed by atoms with Crippen molar-refractivity contribution in [2.75, 3.05) is 26.7 Å². The van der Waals surface area contributed by atoms with Gasteiger partial charge in [0.15, 0.2) is 0 Å². The third-order valence-corrected chi connectivity index (χ3v) is 7.11. The van der Waals surface area contributed by atoms with Crippen LogP contribution in [0.4, 0.5) is 0 Å². The van der Waals surface area contributed by atoms with Crippen LogP contribution >= 0.6 is 0 Å². The highest BCUT2D eigenvalue weighted by molar-refractivity contribution is 5.97. The van der Waals surface area contributed by atoms with E-state index < -0.39 is 5.97 Å². The number of benzene rings is 1. The lowest BCUT2D eigenvalue weighted by Crippen LogP contribution is -2.50. The first kappa shape index (κ1) is 25.9. The molecule has 0 saturated carbocycles. The zero-order valence-electron chi connectivity index (χ0n) is 21.2. The number of aliphatic hydroxyl groups is 1. The molecule has 8 nitrogen and oxygen atoms in total. The molecule has 36 heavy (non-hydrogen) atoms. The number of fused-ring (bicyclic) bond motifs is 1.